The number of halogens is 2. The fourth-order valence-corrected chi connectivity index (χ4v) is 1.62. The van der Waals surface area contributed by atoms with Crippen LogP contribution in [0.15, 0.2) is 16.7 Å². The molecule has 2 N–H and O–H groups in total. The molecule has 1 rings (SSSR count). The molecule has 1 aromatic rings. The highest BCUT2D eigenvalue weighted by Crippen LogP contribution is 2.12. The molecule has 17 heavy (non-hydrogen) atoms. The fraction of sp³-hybridized carbons (Fsp3) is 0.300. The van der Waals surface area contributed by atoms with Crippen molar-refractivity contribution in [1.82, 2.24) is 10.3 Å². The van der Waals surface area contributed by atoms with Crippen LogP contribution in [0.25, 0.3) is 0 Å². The number of nitrogens with one attached hydrogen (secondary N) is 1. The lowest BCUT2D eigenvalue weighted by Gasteiger charge is -2.11. The maximum Gasteiger partial charge on any atom is 0.328 e. The lowest BCUT2D eigenvalue weighted by Crippen LogP contribution is -2.42. The number of amides is 1. The molecule has 1 aromatic heterocycles. The molecule has 0 aliphatic rings. The monoisotopic (exact) mass is 304 g/mol. The van der Waals surface area contributed by atoms with Gasteiger partial charge in [-0.05, 0) is 34.5 Å². The largest absolute Gasteiger partial charge is 0.480 e. The lowest BCUT2D eigenvalue weighted by molar-refractivity contribution is -0.139. The van der Waals surface area contributed by atoms with Crippen LogP contribution in [0, 0.1) is 6.92 Å². The zero-order valence-electron chi connectivity index (χ0n) is 8.91. The molecule has 0 fully saturated rings. The number of aryl methyl sites for hydroxylation is 1. The van der Waals surface area contributed by atoms with Gasteiger partial charge in [0, 0.05) is 10.7 Å². The Bertz CT molecular complexity index is 453. The summed E-state index contributed by atoms with van der Waals surface area (Å²) in [6.07, 6.45) is 1.41. The highest BCUT2D eigenvalue weighted by molar-refractivity contribution is 9.10. The number of hydrogen-bond donors (Lipinski definition) is 2. The van der Waals surface area contributed by atoms with E-state index in [0.717, 1.165) is 0 Å². The summed E-state index contributed by atoms with van der Waals surface area (Å²) in [7, 11) is 0. The summed E-state index contributed by atoms with van der Waals surface area (Å²) in [6, 6.07) is 0.111. The molecule has 1 atom stereocenters. The number of carboxylic acid groups (broad SMARTS) is 1. The number of pyridine rings is 1. The first-order chi connectivity index (χ1) is 7.95. The van der Waals surface area contributed by atoms with Gasteiger partial charge >= 0.3 is 5.97 Å². The van der Waals surface area contributed by atoms with Crippen LogP contribution in [0.5, 0.6) is 0 Å². The van der Waals surface area contributed by atoms with E-state index < -0.39 is 24.6 Å². The van der Waals surface area contributed by atoms with E-state index in [9.17, 15) is 14.0 Å². The number of hydrogen-bond acceptors (Lipinski definition) is 3. The first-order valence-electron chi connectivity index (χ1n) is 4.67. The van der Waals surface area contributed by atoms with E-state index in [-0.39, 0.29) is 5.69 Å². The molecule has 0 aliphatic heterocycles. The third kappa shape index (κ3) is 3.48. The molecule has 0 spiro atoms. The molecule has 0 saturated carbocycles. The second-order valence-electron chi connectivity index (χ2n) is 3.34. The Morgan fingerprint density at radius 2 is 2.29 bits per heavy atom. The normalized spacial score (nSPS) is 11.9. The van der Waals surface area contributed by atoms with E-state index in [2.05, 4.69) is 26.2 Å². The van der Waals surface area contributed by atoms with Crippen LogP contribution in [-0.4, -0.2) is 34.7 Å². The zero-order valence-corrected chi connectivity index (χ0v) is 10.5. The summed E-state index contributed by atoms with van der Waals surface area (Å²) in [5, 5.41) is 10.7. The van der Waals surface area contributed by atoms with Crippen molar-refractivity contribution >= 4 is 27.8 Å². The molecule has 0 aliphatic carbocycles. The quantitative estimate of drug-likeness (QED) is 0.879. The van der Waals surface area contributed by atoms with Crippen LogP contribution in [0.4, 0.5) is 4.39 Å². The summed E-state index contributed by atoms with van der Waals surface area (Å²) in [4.78, 5) is 26.0. The third-order valence-corrected chi connectivity index (χ3v) is 2.45. The highest BCUT2D eigenvalue weighted by atomic mass is 79.9. The van der Waals surface area contributed by atoms with Crippen molar-refractivity contribution in [1.29, 1.82) is 0 Å². The van der Waals surface area contributed by atoms with Crippen LogP contribution in [0.2, 0.25) is 0 Å². The van der Waals surface area contributed by atoms with E-state index in [1.165, 1.54) is 6.20 Å². The number of carbonyl (C=O) groups excluding carboxylic acids is 1. The fourth-order valence-electron chi connectivity index (χ4n) is 1.17. The summed E-state index contributed by atoms with van der Waals surface area (Å²) in [5.41, 5.74) is 0.646. The first-order valence-corrected chi connectivity index (χ1v) is 5.46. The van der Waals surface area contributed by atoms with Crippen LogP contribution in [0.1, 0.15) is 16.1 Å². The molecule has 7 heteroatoms. The van der Waals surface area contributed by atoms with Crippen molar-refractivity contribution in [2.24, 2.45) is 0 Å². The second kappa shape index (κ2) is 5.72. The van der Waals surface area contributed by atoms with E-state index in [1.807, 2.05) is 0 Å². The van der Waals surface area contributed by atoms with Crippen molar-refractivity contribution in [2.75, 3.05) is 6.67 Å². The summed E-state index contributed by atoms with van der Waals surface area (Å²) < 4.78 is 13.0. The SMILES string of the molecule is Cc1cc(Br)cnc1C(=O)N[C@H](CF)C(=O)O. The number of aromatic nitrogens is 1. The summed E-state index contributed by atoms with van der Waals surface area (Å²) in [5.74, 6) is -2.13. The van der Waals surface area contributed by atoms with Gasteiger partial charge in [0.25, 0.3) is 5.91 Å². The highest BCUT2D eigenvalue weighted by Gasteiger charge is 2.21. The van der Waals surface area contributed by atoms with Crippen LogP contribution in [-0.2, 0) is 4.79 Å². The Hall–Kier alpha value is -1.50. The predicted molar refractivity (Wildman–Crippen MR) is 61.5 cm³/mol. The Balaban J connectivity index is 2.86. The van der Waals surface area contributed by atoms with Crippen molar-refractivity contribution in [2.45, 2.75) is 13.0 Å². The Morgan fingerprint density at radius 1 is 1.65 bits per heavy atom. The van der Waals surface area contributed by atoms with Crippen LogP contribution in [0.3, 0.4) is 0 Å². The second-order valence-corrected chi connectivity index (χ2v) is 4.25. The molecular formula is C10H10BrFN2O3. The van der Waals surface area contributed by atoms with E-state index >= 15 is 0 Å². The number of nitrogens with zero attached hydrogens (tertiary/aromatic N) is 1. The molecule has 0 radical (unpaired) electrons. The predicted octanol–water partition coefficient (Wildman–Crippen LogP) is 1.31. The topological polar surface area (TPSA) is 79.3 Å². The van der Waals surface area contributed by atoms with Gasteiger partial charge in [0.05, 0.1) is 0 Å². The van der Waals surface area contributed by atoms with Crippen molar-refractivity contribution in [3.8, 4) is 0 Å². The van der Waals surface area contributed by atoms with Crippen molar-refractivity contribution < 1.29 is 19.1 Å². The zero-order chi connectivity index (χ0) is 13.0. The summed E-state index contributed by atoms with van der Waals surface area (Å²) in [6.45, 7) is 0.481. The molecule has 1 heterocycles. The average Bonchev–Trinajstić information content (AvgIpc) is 2.24. The molecular weight excluding hydrogens is 295 g/mol. The maximum atomic E-state index is 12.3. The minimum atomic E-state index is -1.55. The van der Waals surface area contributed by atoms with Crippen LogP contribution >= 0.6 is 15.9 Å². The Morgan fingerprint density at radius 3 is 2.76 bits per heavy atom. The summed E-state index contributed by atoms with van der Waals surface area (Å²) >= 11 is 3.18. The number of alkyl halides is 1. The minimum Gasteiger partial charge on any atom is -0.480 e. The van der Waals surface area contributed by atoms with Gasteiger partial charge < -0.3 is 10.4 Å². The third-order valence-electron chi connectivity index (χ3n) is 2.02. The molecule has 0 saturated heterocycles. The molecule has 5 nitrogen and oxygen atoms in total. The minimum absolute atomic E-state index is 0.0768. The smallest absolute Gasteiger partial charge is 0.328 e. The lowest BCUT2D eigenvalue weighted by atomic mass is 10.2. The van der Waals surface area contributed by atoms with Gasteiger partial charge in [-0.15, -0.1) is 0 Å². The molecule has 0 unspecified atom stereocenters. The van der Waals surface area contributed by atoms with Crippen LogP contribution < -0.4 is 5.32 Å². The van der Waals surface area contributed by atoms with Gasteiger partial charge in [0.1, 0.15) is 12.4 Å². The van der Waals surface area contributed by atoms with Crippen molar-refractivity contribution in [3.05, 3.63) is 28.0 Å². The van der Waals surface area contributed by atoms with E-state index in [0.29, 0.717) is 10.0 Å². The number of rotatable bonds is 4. The van der Waals surface area contributed by atoms with Crippen molar-refractivity contribution in [3.63, 3.8) is 0 Å². The van der Waals surface area contributed by atoms with Gasteiger partial charge in [-0.2, -0.15) is 0 Å². The molecule has 0 aromatic carbocycles. The van der Waals surface area contributed by atoms with Gasteiger partial charge in [-0.25, -0.2) is 14.2 Å². The van der Waals surface area contributed by atoms with E-state index in [4.69, 9.17) is 5.11 Å². The molecule has 0 bridgehead atoms. The average molecular weight is 305 g/mol. The number of carboxylic acids is 1. The van der Waals surface area contributed by atoms with Gasteiger partial charge in [-0.3, -0.25) is 4.79 Å². The maximum absolute atomic E-state index is 12.3. The van der Waals surface area contributed by atoms with Gasteiger partial charge in [-0.1, -0.05) is 0 Å². The molecule has 1 amide bonds. The Kier molecular flexibility index (Phi) is 4.56. The number of carbonyl (C=O) groups is 2. The first kappa shape index (κ1) is 13.6. The van der Waals surface area contributed by atoms with Gasteiger partial charge in [0.15, 0.2) is 6.04 Å². The standard InChI is InChI=1S/C10H10BrFN2O3/c1-5-2-6(11)4-13-8(5)9(15)14-7(3-12)10(16)17/h2,4,7H,3H2,1H3,(H,14,15)(H,16,17)/t7-/m1/s1. The Labute approximate surface area is 105 Å². The number of aliphatic carboxylic acids is 1. The molecule has 92 valence electrons. The van der Waals surface area contributed by atoms with Gasteiger partial charge in [0.2, 0.25) is 0 Å². The van der Waals surface area contributed by atoms with E-state index in [1.54, 1.807) is 13.0 Å².